The molecular weight excluding hydrogens is 306 g/mol. The highest BCUT2D eigenvalue weighted by Gasteiger charge is 2.28. The van der Waals surface area contributed by atoms with Crippen molar-refractivity contribution in [3.05, 3.63) is 59.7 Å². The molecule has 2 heterocycles. The molecule has 3 N–H and O–H groups in total. The van der Waals surface area contributed by atoms with Crippen LogP contribution in [-0.2, 0) is 4.84 Å². The van der Waals surface area contributed by atoms with Crippen LogP contribution in [0.15, 0.2) is 58.7 Å². The maximum atomic E-state index is 10.4. The molecule has 0 saturated carbocycles. The Labute approximate surface area is 137 Å². The molecule has 24 heavy (non-hydrogen) atoms. The van der Waals surface area contributed by atoms with Gasteiger partial charge in [-0.25, -0.2) is 4.99 Å². The van der Waals surface area contributed by atoms with E-state index in [4.69, 9.17) is 9.94 Å². The van der Waals surface area contributed by atoms with E-state index >= 15 is 0 Å². The SMILES string of the molecule is OCCON=C1C(c2c(O)[nH]c3ccccc23)=Nc2ccccc21. The van der Waals surface area contributed by atoms with Crippen LogP contribution < -0.4 is 0 Å². The molecule has 0 bridgehead atoms. The average Bonchev–Trinajstić information content (AvgIpc) is 3.12. The topological polar surface area (TPSA) is 90.2 Å². The summed E-state index contributed by atoms with van der Waals surface area (Å²) < 4.78 is 0. The maximum absolute atomic E-state index is 10.4. The fraction of sp³-hybridized carbons (Fsp3) is 0.111. The fourth-order valence-electron chi connectivity index (χ4n) is 2.86. The third-order valence-electron chi connectivity index (χ3n) is 3.88. The summed E-state index contributed by atoms with van der Waals surface area (Å²) in [6.07, 6.45) is 0. The molecule has 1 aliphatic rings. The van der Waals surface area contributed by atoms with Gasteiger partial charge in [-0.1, -0.05) is 41.6 Å². The predicted octanol–water partition coefficient (Wildman–Crippen LogP) is 2.72. The van der Waals surface area contributed by atoms with Crippen LogP contribution in [0.1, 0.15) is 11.1 Å². The molecule has 1 aliphatic heterocycles. The molecule has 0 atom stereocenters. The fourth-order valence-corrected chi connectivity index (χ4v) is 2.86. The summed E-state index contributed by atoms with van der Waals surface area (Å²) in [5, 5.41) is 24.3. The molecular formula is C18H15N3O3. The summed E-state index contributed by atoms with van der Waals surface area (Å²) in [7, 11) is 0. The summed E-state index contributed by atoms with van der Waals surface area (Å²) in [6.45, 7) is -0.0257. The van der Waals surface area contributed by atoms with E-state index in [0.29, 0.717) is 17.0 Å². The number of fused-ring (bicyclic) bond motifs is 2. The predicted molar refractivity (Wildman–Crippen MR) is 92.2 cm³/mol. The third-order valence-corrected chi connectivity index (χ3v) is 3.88. The Morgan fingerprint density at radius 3 is 2.75 bits per heavy atom. The highest BCUT2D eigenvalue weighted by atomic mass is 16.6. The third kappa shape index (κ3) is 2.24. The molecule has 120 valence electrons. The normalized spacial score (nSPS) is 14.9. The lowest BCUT2D eigenvalue weighted by atomic mass is 10.0. The van der Waals surface area contributed by atoms with Gasteiger partial charge in [-0.15, -0.1) is 0 Å². The number of para-hydroxylation sites is 2. The van der Waals surface area contributed by atoms with Crippen molar-refractivity contribution in [2.45, 2.75) is 0 Å². The second kappa shape index (κ2) is 5.82. The van der Waals surface area contributed by atoms with Gasteiger partial charge < -0.3 is 20.0 Å². The minimum Gasteiger partial charge on any atom is -0.494 e. The number of aliphatic hydroxyl groups excluding tert-OH is 1. The minimum atomic E-state index is -0.122. The first kappa shape index (κ1) is 14.5. The van der Waals surface area contributed by atoms with E-state index in [0.717, 1.165) is 22.2 Å². The average molecular weight is 321 g/mol. The molecule has 0 unspecified atom stereocenters. The maximum Gasteiger partial charge on any atom is 0.199 e. The second-order valence-corrected chi connectivity index (χ2v) is 5.37. The molecule has 6 heteroatoms. The minimum absolute atomic E-state index is 0.0395. The summed E-state index contributed by atoms with van der Waals surface area (Å²) in [5.41, 5.74) is 4.09. The van der Waals surface area contributed by atoms with Gasteiger partial charge in [0.05, 0.1) is 17.9 Å². The zero-order valence-corrected chi connectivity index (χ0v) is 12.7. The number of nitrogens with one attached hydrogen (secondary N) is 1. The first-order valence-electron chi connectivity index (χ1n) is 7.59. The molecule has 0 spiro atoms. The number of H-pyrrole nitrogens is 1. The van der Waals surface area contributed by atoms with Crippen molar-refractivity contribution < 1.29 is 15.1 Å². The monoisotopic (exact) mass is 321 g/mol. The first-order chi connectivity index (χ1) is 11.8. The zero-order chi connectivity index (χ0) is 16.5. The molecule has 0 fully saturated rings. The van der Waals surface area contributed by atoms with Crippen LogP contribution in [0, 0.1) is 0 Å². The van der Waals surface area contributed by atoms with Crippen molar-refractivity contribution in [2.24, 2.45) is 10.1 Å². The number of aliphatic hydroxyl groups is 1. The van der Waals surface area contributed by atoms with E-state index in [2.05, 4.69) is 15.1 Å². The van der Waals surface area contributed by atoms with Gasteiger partial charge in [0.1, 0.15) is 18.0 Å². The largest absolute Gasteiger partial charge is 0.494 e. The van der Waals surface area contributed by atoms with Crippen molar-refractivity contribution in [1.82, 2.24) is 4.98 Å². The van der Waals surface area contributed by atoms with E-state index in [9.17, 15) is 5.11 Å². The number of hydrogen-bond acceptors (Lipinski definition) is 5. The molecule has 1 aromatic heterocycles. The van der Waals surface area contributed by atoms with E-state index in [1.54, 1.807) is 0 Å². The van der Waals surface area contributed by atoms with Gasteiger partial charge in [-0.3, -0.25) is 0 Å². The number of hydrogen-bond donors (Lipinski definition) is 3. The molecule has 2 aromatic carbocycles. The molecule has 4 rings (SSSR count). The lowest BCUT2D eigenvalue weighted by molar-refractivity contribution is 0.0992. The lowest BCUT2D eigenvalue weighted by Crippen LogP contribution is -2.14. The van der Waals surface area contributed by atoms with Crippen LogP contribution in [0.4, 0.5) is 5.69 Å². The zero-order valence-electron chi connectivity index (χ0n) is 12.7. The summed E-state index contributed by atoms with van der Waals surface area (Å²) in [5.74, 6) is 0.0395. The molecule has 6 nitrogen and oxygen atoms in total. The number of aromatic nitrogens is 1. The lowest BCUT2D eigenvalue weighted by Gasteiger charge is -2.04. The first-order valence-corrected chi connectivity index (χ1v) is 7.59. The van der Waals surface area contributed by atoms with Crippen LogP contribution >= 0.6 is 0 Å². The summed E-state index contributed by atoms with van der Waals surface area (Å²) >= 11 is 0. The Morgan fingerprint density at radius 1 is 1.08 bits per heavy atom. The Morgan fingerprint density at radius 2 is 1.88 bits per heavy atom. The van der Waals surface area contributed by atoms with Gasteiger partial charge in [-0.05, 0) is 12.1 Å². The number of rotatable bonds is 4. The van der Waals surface area contributed by atoms with Crippen molar-refractivity contribution >= 4 is 28.0 Å². The smallest absolute Gasteiger partial charge is 0.199 e. The Hall–Kier alpha value is -3.12. The Kier molecular flexibility index (Phi) is 3.51. The van der Waals surface area contributed by atoms with Crippen LogP contribution in [0.3, 0.4) is 0 Å². The molecule has 0 aliphatic carbocycles. The van der Waals surface area contributed by atoms with Crippen molar-refractivity contribution in [2.75, 3.05) is 13.2 Å². The van der Waals surface area contributed by atoms with Gasteiger partial charge >= 0.3 is 0 Å². The number of aromatic amines is 1. The number of benzene rings is 2. The number of nitrogens with zero attached hydrogens (tertiary/aromatic N) is 2. The number of aromatic hydroxyl groups is 1. The van der Waals surface area contributed by atoms with Crippen molar-refractivity contribution in [3.8, 4) is 5.88 Å². The molecule has 0 saturated heterocycles. The second-order valence-electron chi connectivity index (χ2n) is 5.37. The Bertz CT molecular complexity index is 973. The molecule has 3 aromatic rings. The van der Waals surface area contributed by atoms with Crippen LogP contribution in [0.25, 0.3) is 10.9 Å². The standard InChI is InChI=1S/C18H15N3O3/c22-9-10-24-21-16-12-6-2-4-8-14(12)19-17(16)15-11-5-1-3-7-13(11)20-18(15)23/h1-8,20,22-23H,9-10H2. The van der Waals surface area contributed by atoms with Crippen LogP contribution in [-0.4, -0.2) is 39.8 Å². The van der Waals surface area contributed by atoms with E-state index in [1.807, 2.05) is 48.5 Å². The van der Waals surface area contributed by atoms with Crippen LogP contribution in [0.2, 0.25) is 0 Å². The van der Waals surface area contributed by atoms with E-state index < -0.39 is 0 Å². The van der Waals surface area contributed by atoms with Gasteiger partial charge in [0.2, 0.25) is 0 Å². The number of aliphatic imine (C=N–C) groups is 1. The van der Waals surface area contributed by atoms with Crippen molar-refractivity contribution in [1.29, 1.82) is 0 Å². The summed E-state index contributed by atoms with van der Waals surface area (Å²) in [6, 6.07) is 15.2. The quantitative estimate of drug-likeness (QED) is 0.510. The molecule has 0 radical (unpaired) electrons. The number of oxime groups is 1. The summed E-state index contributed by atoms with van der Waals surface area (Å²) in [4.78, 5) is 12.8. The van der Waals surface area contributed by atoms with Crippen LogP contribution in [0.5, 0.6) is 5.88 Å². The van der Waals surface area contributed by atoms with Gasteiger partial charge in [-0.2, -0.15) is 0 Å². The molecule has 0 amide bonds. The van der Waals surface area contributed by atoms with E-state index in [-0.39, 0.29) is 19.1 Å². The van der Waals surface area contributed by atoms with Gasteiger partial charge in [0.25, 0.3) is 0 Å². The highest BCUT2D eigenvalue weighted by molar-refractivity contribution is 6.58. The van der Waals surface area contributed by atoms with E-state index in [1.165, 1.54) is 0 Å². The van der Waals surface area contributed by atoms with Crippen molar-refractivity contribution in [3.63, 3.8) is 0 Å². The van der Waals surface area contributed by atoms with Gasteiger partial charge in [0.15, 0.2) is 5.88 Å². The van der Waals surface area contributed by atoms with Gasteiger partial charge in [0, 0.05) is 16.5 Å². The highest BCUT2D eigenvalue weighted by Crippen LogP contribution is 2.35. The Balaban J connectivity index is 1.89.